The first-order chi connectivity index (χ1) is 7.88. The summed E-state index contributed by atoms with van der Waals surface area (Å²) in [6.45, 7) is 0.911. The summed E-state index contributed by atoms with van der Waals surface area (Å²) < 4.78 is 0. The van der Waals surface area contributed by atoms with Crippen LogP contribution in [-0.2, 0) is 0 Å². The number of hydrogen-bond donors (Lipinski definition) is 1. The Morgan fingerprint density at radius 2 is 2.31 bits per heavy atom. The number of nitriles is 1. The molecule has 1 aromatic heterocycles. The summed E-state index contributed by atoms with van der Waals surface area (Å²) in [5.41, 5.74) is 1.51. The second kappa shape index (κ2) is 8.00. The lowest BCUT2D eigenvalue weighted by molar-refractivity contribution is 0.749. The van der Waals surface area contributed by atoms with E-state index in [2.05, 4.69) is 22.6 Å². The van der Waals surface area contributed by atoms with E-state index in [1.54, 1.807) is 18.5 Å². The van der Waals surface area contributed by atoms with Crippen LogP contribution in [0.4, 0.5) is 5.69 Å². The lowest BCUT2D eigenvalue weighted by atomic mass is 10.2. The number of nitrogens with one attached hydrogen (secondary N) is 1. The van der Waals surface area contributed by atoms with Crippen molar-refractivity contribution in [2.75, 3.05) is 23.9 Å². The number of nitrogens with zero attached hydrogens (tertiary/aromatic N) is 2. The molecule has 1 heterocycles. The van der Waals surface area contributed by atoms with E-state index in [1.165, 1.54) is 18.6 Å². The molecule has 0 radical (unpaired) electrons. The fraction of sp³-hybridized carbons (Fsp3) is 0.500. The Labute approximate surface area is 101 Å². The molecule has 0 atom stereocenters. The molecule has 0 aliphatic carbocycles. The van der Waals surface area contributed by atoms with Crippen molar-refractivity contribution >= 4 is 17.4 Å². The van der Waals surface area contributed by atoms with E-state index in [-0.39, 0.29) is 0 Å². The first kappa shape index (κ1) is 12.9. The monoisotopic (exact) mass is 235 g/mol. The van der Waals surface area contributed by atoms with Crippen molar-refractivity contribution in [2.24, 2.45) is 0 Å². The van der Waals surface area contributed by atoms with Gasteiger partial charge in [0.1, 0.15) is 6.07 Å². The van der Waals surface area contributed by atoms with Crippen LogP contribution in [0, 0.1) is 11.3 Å². The second-order valence-electron chi connectivity index (χ2n) is 3.51. The van der Waals surface area contributed by atoms with Gasteiger partial charge in [-0.05, 0) is 30.9 Å². The Balaban J connectivity index is 2.24. The van der Waals surface area contributed by atoms with Gasteiger partial charge in [-0.1, -0.05) is 6.42 Å². The van der Waals surface area contributed by atoms with E-state index in [0.717, 1.165) is 18.7 Å². The molecule has 0 spiro atoms. The molecular weight excluding hydrogens is 218 g/mol. The normalized spacial score (nSPS) is 9.75. The van der Waals surface area contributed by atoms with Gasteiger partial charge >= 0.3 is 0 Å². The van der Waals surface area contributed by atoms with Gasteiger partial charge in [0.05, 0.1) is 17.4 Å². The average molecular weight is 235 g/mol. The number of rotatable bonds is 7. The third-order valence-electron chi connectivity index (χ3n) is 2.28. The summed E-state index contributed by atoms with van der Waals surface area (Å²) in [5, 5.41) is 12.1. The molecular formula is C12H17N3S. The van der Waals surface area contributed by atoms with E-state index in [9.17, 15) is 0 Å². The first-order valence-electron chi connectivity index (χ1n) is 5.45. The van der Waals surface area contributed by atoms with Crippen LogP contribution in [0.25, 0.3) is 0 Å². The third kappa shape index (κ3) is 4.54. The molecule has 86 valence electrons. The standard InChI is InChI=1S/C12H17N3S/c1-16-8-4-2-3-6-15-12-10-14-7-5-11(12)9-13/h5,7,10,15H,2-4,6,8H2,1H3. The van der Waals surface area contributed by atoms with E-state index >= 15 is 0 Å². The highest BCUT2D eigenvalue weighted by Crippen LogP contribution is 2.12. The topological polar surface area (TPSA) is 48.7 Å². The first-order valence-corrected chi connectivity index (χ1v) is 6.85. The predicted octanol–water partition coefficient (Wildman–Crippen LogP) is 2.90. The molecule has 0 aliphatic heterocycles. The predicted molar refractivity (Wildman–Crippen MR) is 69.7 cm³/mol. The number of aromatic nitrogens is 1. The fourth-order valence-electron chi connectivity index (χ4n) is 1.40. The summed E-state index contributed by atoms with van der Waals surface area (Å²) >= 11 is 1.89. The lowest BCUT2D eigenvalue weighted by Crippen LogP contribution is -2.03. The number of thioether (sulfide) groups is 1. The van der Waals surface area contributed by atoms with Gasteiger partial charge in [0.25, 0.3) is 0 Å². The number of anilines is 1. The lowest BCUT2D eigenvalue weighted by Gasteiger charge is -2.06. The van der Waals surface area contributed by atoms with Gasteiger partial charge in [-0.15, -0.1) is 0 Å². The smallest absolute Gasteiger partial charge is 0.101 e. The molecule has 0 aromatic carbocycles. The van der Waals surface area contributed by atoms with Crippen molar-refractivity contribution in [1.29, 1.82) is 5.26 Å². The summed E-state index contributed by atoms with van der Waals surface area (Å²) in [6.07, 6.45) is 9.12. The van der Waals surface area contributed by atoms with Gasteiger partial charge < -0.3 is 5.32 Å². The van der Waals surface area contributed by atoms with Gasteiger partial charge in [-0.3, -0.25) is 4.98 Å². The van der Waals surface area contributed by atoms with Crippen LogP contribution >= 0.6 is 11.8 Å². The van der Waals surface area contributed by atoms with E-state index in [4.69, 9.17) is 5.26 Å². The van der Waals surface area contributed by atoms with Crippen molar-refractivity contribution in [3.05, 3.63) is 24.0 Å². The maximum absolute atomic E-state index is 8.87. The van der Waals surface area contributed by atoms with Crippen LogP contribution in [-0.4, -0.2) is 23.5 Å². The summed E-state index contributed by atoms with van der Waals surface area (Å²) in [4.78, 5) is 4.00. The molecule has 1 aromatic rings. The highest BCUT2D eigenvalue weighted by molar-refractivity contribution is 7.98. The van der Waals surface area contributed by atoms with Crippen molar-refractivity contribution < 1.29 is 0 Å². The molecule has 4 heteroatoms. The van der Waals surface area contributed by atoms with Crippen LogP contribution in [0.3, 0.4) is 0 Å². The summed E-state index contributed by atoms with van der Waals surface area (Å²) in [6, 6.07) is 3.88. The Hall–Kier alpha value is -1.21. The van der Waals surface area contributed by atoms with E-state index in [0.29, 0.717) is 5.56 Å². The van der Waals surface area contributed by atoms with Crippen LogP contribution in [0.1, 0.15) is 24.8 Å². The zero-order chi connectivity index (χ0) is 11.6. The number of hydrogen-bond acceptors (Lipinski definition) is 4. The maximum Gasteiger partial charge on any atom is 0.101 e. The van der Waals surface area contributed by atoms with Gasteiger partial charge in [0, 0.05) is 12.7 Å². The van der Waals surface area contributed by atoms with E-state index in [1.807, 2.05) is 11.8 Å². The Bertz CT molecular complexity index is 346. The van der Waals surface area contributed by atoms with Crippen molar-refractivity contribution in [2.45, 2.75) is 19.3 Å². The van der Waals surface area contributed by atoms with Gasteiger partial charge in [-0.25, -0.2) is 0 Å². The highest BCUT2D eigenvalue weighted by atomic mass is 32.2. The molecule has 0 amide bonds. The maximum atomic E-state index is 8.87. The summed E-state index contributed by atoms with van der Waals surface area (Å²) in [5.74, 6) is 1.23. The molecule has 1 N–H and O–H groups in total. The average Bonchev–Trinajstić information content (AvgIpc) is 2.34. The molecule has 0 saturated carbocycles. The van der Waals surface area contributed by atoms with Crippen LogP contribution < -0.4 is 5.32 Å². The quantitative estimate of drug-likeness (QED) is 0.738. The minimum absolute atomic E-state index is 0.666. The molecule has 1 rings (SSSR count). The third-order valence-corrected chi connectivity index (χ3v) is 2.98. The summed E-state index contributed by atoms with van der Waals surface area (Å²) in [7, 11) is 0. The molecule has 0 unspecified atom stereocenters. The number of pyridine rings is 1. The van der Waals surface area contributed by atoms with Crippen LogP contribution in [0.15, 0.2) is 18.5 Å². The van der Waals surface area contributed by atoms with Gasteiger partial charge in [0.15, 0.2) is 0 Å². The van der Waals surface area contributed by atoms with E-state index < -0.39 is 0 Å². The molecule has 3 nitrogen and oxygen atoms in total. The molecule has 0 bridgehead atoms. The van der Waals surface area contributed by atoms with Crippen molar-refractivity contribution in [1.82, 2.24) is 4.98 Å². The molecule has 0 saturated heterocycles. The molecule has 16 heavy (non-hydrogen) atoms. The van der Waals surface area contributed by atoms with Gasteiger partial charge in [-0.2, -0.15) is 17.0 Å². The Morgan fingerprint density at radius 3 is 3.06 bits per heavy atom. The molecule has 0 aliphatic rings. The number of unbranched alkanes of at least 4 members (excludes halogenated alkanes) is 2. The largest absolute Gasteiger partial charge is 0.383 e. The second-order valence-corrected chi connectivity index (χ2v) is 4.50. The Kier molecular flexibility index (Phi) is 6.43. The fourth-order valence-corrected chi connectivity index (χ4v) is 1.90. The van der Waals surface area contributed by atoms with Crippen molar-refractivity contribution in [3.8, 4) is 6.07 Å². The van der Waals surface area contributed by atoms with Crippen LogP contribution in [0.2, 0.25) is 0 Å². The highest BCUT2D eigenvalue weighted by Gasteiger charge is 1.99. The SMILES string of the molecule is CSCCCCCNc1cnccc1C#N. The van der Waals surface area contributed by atoms with Gasteiger partial charge in [0.2, 0.25) is 0 Å². The van der Waals surface area contributed by atoms with Crippen LogP contribution in [0.5, 0.6) is 0 Å². The molecule has 0 fully saturated rings. The Morgan fingerprint density at radius 1 is 1.44 bits per heavy atom. The minimum Gasteiger partial charge on any atom is -0.383 e. The zero-order valence-electron chi connectivity index (χ0n) is 9.57. The minimum atomic E-state index is 0.666. The van der Waals surface area contributed by atoms with Crippen molar-refractivity contribution in [3.63, 3.8) is 0 Å². The zero-order valence-corrected chi connectivity index (χ0v) is 10.4.